The summed E-state index contributed by atoms with van der Waals surface area (Å²) in [5.74, 6) is 0.0367. The van der Waals surface area contributed by atoms with Gasteiger partial charge in [-0.15, -0.1) is 0 Å². The molecule has 3 N–H and O–H groups in total. The number of nitrogens with two attached hydrogens (primary N) is 1. The summed E-state index contributed by atoms with van der Waals surface area (Å²) in [6, 6.07) is 7.90. The molecule has 1 saturated heterocycles. The number of nitriles is 1. The van der Waals surface area contributed by atoms with Gasteiger partial charge in [0.1, 0.15) is 17.4 Å². The van der Waals surface area contributed by atoms with Gasteiger partial charge in [-0.2, -0.15) is 18.4 Å². The Hall–Kier alpha value is -4.21. The maximum atomic E-state index is 14.1. The molecule has 1 aromatic carbocycles. The molecule has 2 aliphatic rings. The molecule has 0 spiro atoms. The van der Waals surface area contributed by atoms with Gasteiger partial charge in [0.2, 0.25) is 0 Å². The van der Waals surface area contributed by atoms with Gasteiger partial charge in [-0.3, -0.25) is 14.7 Å². The Balaban J connectivity index is 1.56. The second-order valence-corrected chi connectivity index (χ2v) is 11.0. The molecule has 4 heterocycles. The molecular formula is C31H33F3N6O3. The van der Waals surface area contributed by atoms with E-state index in [2.05, 4.69) is 14.9 Å². The zero-order valence-electron chi connectivity index (χ0n) is 24.1. The smallest absolute Gasteiger partial charge is 0.433 e. The van der Waals surface area contributed by atoms with Crippen molar-refractivity contribution in [2.45, 2.75) is 58.0 Å². The van der Waals surface area contributed by atoms with E-state index in [1.54, 1.807) is 30.0 Å². The van der Waals surface area contributed by atoms with Gasteiger partial charge in [0.25, 0.3) is 5.91 Å². The highest BCUT2D eigenvalue weighted by Crippen LogP contribution is 2.41. The van der Waals surface area contributed by atoms with Crippen molar-refractivity contribution in [2.75, 3.05) is 32.0 Å². The highest BCUT2D eigenvalue weighted by molar-refractivity contribution is 5.99. The molecular weight excluding hydrogens is 561 g/mol. The molecule has 1 fully saturated rings. The number of rotatable bonds is 8. The number of fused-ring (bicyclic) bond motifs is 1. The van der Waals surface area contributed by atoms with Crippen LogP contribution in [0.15, 0.2) is 36.7 Å². The first-order valence-electron chi connectivity index (χ1n) is 14.2. The fourth-order valence-electron chi connectivity index (χ4n) is 5.78. The van der Waals surface area contributed by atoms with E-state index < -0.39 is 24.0 Å². The molecule has 0 saturated carbocycles. The number of hydrogen-bond acceptors (Lipinski definition) is 8. The Kier molecular flexibility index (Phi) is 8.31. The number of nitrogen functional groups attached to an aromatic ring is 1. The predicted octanol–water partition coefficient (Wildman–Crippen LogP) is 4.38. The Bertz CT molecular complexity index is 1590. The number of nitrogens with zero attached hydrogens (tertiary/aromatic N) is 5. The second kappa shape index (κ2) is 11.8. The van der Waals surface area contributed by atoms with Gasteiger partial charge < -0.3 is 20.5 Å². The molecule has 9 nitrogen and oxygen atoms in total. The zero-order chi connectivity index (χ0) is 31.1. The van der Waals surface area contributed by atoms with Crippen LogP contribution in [0.25, 0.3) is 11.1 Å². The molecule has 1 amide bonds. The summed E-state index contributed by atoms with van der Waals surface area (Å²) in [4.78, 5) is 25.8. The number of β-amino-alcohol motifs (C(OH)–C–C–N with tert-alkyl or cyclic N) is 1. The minimum absolute atomic E-state index is 0.0217. The van der Waals surface area contributed by atoms with Crippen LogP contribution in [0.2, 0.25) is 0 Å². The van der Waals surface area contributed by atoms with Crippen LogP contribution in [0.1, 0.15) is 65.2 Å². The number of carbonyl (C=O) groups is 1. The van der Waals surface area contributed by atoms with E-state index in [1.165, 1.54) is 12.3 Å². The third kappa shape index (κ3) is 5.87. The molecule has 0 aliphatic carbocycles. The fraction of sp³-hybridized carbons (Fsp3) is 0.419. The maximum absolute atomic E-state index is 14.1. The van der Waals surface area contributed by atoms with Crippen LogP contribution in [0.5, 0.6) is 5.75 Å². The standard InChI is InChI=1S/C31H33F3N6O3/c1-4-43-28-12-26(37-14-20(28)13-35)17(2)40-8-6-22-23(24-11-21(36)15-38-29(24)31(32,33)34)9-19(10-25(22)30(40)42)5-7-39-16-27(41)18(39)3/h9-12,14-15,17-18,27,41H,4-8,16,36H2,1-3H3/t17-,18+,27+/m0/s1. The first kappa shape index (κ1) is 30.3. The number of amides is 1. The lowest BCUT2D eigenvalue weighted by molar-refractivity contribution is -0.140. The van der Waals surface area contributed by atoms with Crippen molar-refractivity contribution in [3.8, 4) is 22.9 Å². The van der Waals surface area contributed by atoms with Crippen molar-refractivity contribution in [1.29, 1.82) is 5.26 Å². The van der Waals surface area contributed by atoms with Gasteiger partial charge in [0, 0.05) is 49.1 Å². The van der Waals surface area contributed by atoms with E-state index in [1.807, 2.05) is 19.9 Å². The van der Waals surface area contributed by atoms with E-state index in [4.69, 9.17) is 10.5 Å². The van der Waals surface area contributed by atoms with Gasteiger partial charge >= 0.3 is 6.18 Å². The molecule has 5 rings (SSSR count). The molecule has 2 aliphatic heterocycles. The molecule has 43 heavy (non-hydrogen) atoms. The van der Waals surface area contributed by atoms with Crippen LogP contribution in [0.4, 0.5) is 18.9 Å². The lowest BCUT2D eigenvalue weighted by atomic mass is 9.86. The second-order valence-electron chi connectivity index (χ2n) is 11.0. The summed E-state index contributed by atoms with van der Waals surface area (Å²) in [5, 5.41) is 19.3. The van der Waals surface area contributed by atoms with Crippen molar-refractivity contribution in [3.63, 3.8) is 0 Å². The number of likely N-dealkylation sites (tertiary alicyclic amines) is 1. The summed E-state index contributed by atoms with van der Waals surface area (Å²) < 4.78 is 47.9. The normalized spacial score (nSPS) is 19.4. The Morgan fingerprint density at radius 2 is 1.93 bits per heavy atom. The number of halogens is 3. The molecule has 226 valence electrons. The number of ether oxygens (including phenoxy) is 1. The number of carbonyl (C=O) groups excluding carboxylic acids is 1. The van der Waals surface area contributed by atoms with Crippen LogP contribution < -0.4 is 10.5 Å². The van der Waals surface area contributed by atoms with Crippen LogP contribution in [0, 0.1) is 11.3 Å². The number of pyridine rings is 2. The summed E-state index contributed by atoms with van der Waals surface area (Å²) in [6.07, 6.45) is -1.98. The predicted molar refractivity (Wildman–Crippen MR) is 153 cm³/mol. The number of alkyl halides is 3. The van der Waals surface area contributed by atoms with Gasteiger partial charge in [-0.05, 0) is 62.4 Å². The van der Waals surface area contributed by atoms with Crippen LogP contribution in [0.3, 0.4) is 0 Å². The Labute approximate surface area is 247 Å². The van der Waals surface area contributed by atoms with E-state index >= 15 is 0 Å². The minimum atomic E-state index is -4.73. The monoisotopic (exact) mass is 594 g/mol. The van der Waals surface area contributed by atoms with E-state index in [9.17, 15) is 28.3 Å². The quantitative estimate of drug-likeness (QED) is 0.393. The molecule has 3 aromatic rings. The number of hydrogen-bond donors (Lipinski definition) is 2. The van der Waals surface area contributed by atoms with Crippen LogP contribution in [-0.2, 0) is 19.0 Å². The SMILES string of the molecule is CCOc1cc([C@H](C)N2CCc3c(cc(CCN4C[C@@H](O)[C@H]4C)cc3-c3cc(N)cnc3C(F)(F)F)C2=O)ncc1C#N. The Morgan fingerprint density at radius 1 is 1.19 bits per heavy atom. The largest absolute Gasteiger partial charge is 0.492 e. The topological polar surface area (TPSA) is 129 Å². The number of aliphatic hydroxyl groups excluding tert-OH is 1. The van der Waals surface area contributed by atoms with Crippen molar-refractivity contribution in [2.24, 2.45) is 0 Å². The lowest BCUT2D eigenvalue weighted by Gasteiger charge is -2.43. The molecule has 0 unspecified atom stereocenters. The number of benzene rings is 1. The fourth-order valence-corrected chi connectivity index (χ4v) is 5.78. The summed E-state index contributed by atoms with van der Waals surface area (Å²) in [7, 11) is 0. The number of aromatic nitrogens is 2. The van der Waals surface area contributed by atoms with Gasteiger partial charge in [0.05, 0.1) is 36.3 Å². The van der Waals surface area contributed by atoms with Crippen molar-refractivity contribution in [1.82, 2.24) is 19.8 Å². The van der Waals surface area contributed by atoms with E-state index in [0.29, 0.717) is 60.7 Å². The first-order valence-corrected chi connectivity index (χ1v) is 14.2. The first-order chi connectivity index (χ1) is 20.4. The molecule has 2 aromatic heterocycles. The van der Waals surface area contributed by atoms with Crippen LogP contribution >= 0.6 is 0 Å². The average molecular weight is 595 g/mol. The van der Waals surface area contributed by atoms with E-state index in [-0.39, 0.29) is 40.9 Å². The average Bonchev–Trinajstić information content (AvgIpc) is 2.98. The third-order valence-corrected chi connectivity index (χ3v) is 8.32. The highest BCUT2D eigenvalue weighted by Gasteiger charge is 2.38. The number of aliphatic hydroxyl groups is 1. The van der Waals surface area contributed by atoms with Gasteiger partial charge in [-0.25, -0.2) is 4.98 Å². The van der Waals surface area contributed by atoms with Gasteiger partial charge in [-0.1, -0.05) is 6.07 Å². The molecule has 12 heteroatoms. The van der Waals surface area contributed by atoms with Crippen molar-refractivity contribution in [3.05, 3.63) is 70.3 Å². The number of anilines is 1. The summed E-state index contributed by atoms with van der Waals surface area (Å²) in [6.45, 7) is 7.21. The minimum Gasteiger partial charge on any atom is -0.492 e. The summed E-state index contributed by atoms with van der Waals surface area (Å²) >= 11 is 0. The molecule has 0 radical (unpaired) electrons. The Morgan fingerprint density at radius 3 is 2.58 bits per heavy atom. The lowest BCUT2D eigenvalue weighted by Crippen LogP contribution is -2.58. The van der Waals surface area contributed by atoms with Crippen molar-refractivity contribution >= 4 is 11.6 Å². The third-order valence-electron chi connectivity index (χ3n) is 8.32. The van der Waals surface area contributed by atoms with Crippen molar-refractivity contribution < 1.29 is 27.8 Å². The highest BCUT2D eigenvalue weighted by atomic mass is 19.4. The molecule has 0 bridgehead atoms. The zero-order valence-corrected chi connectivity index (χ0v) is 24.1. The summed E-state index contributed by atoms with van der Waals surface area (Å²) in [5.41, 5.74) is 7.37. The van der Waals surface area contributed by atoms with E-state index in [0.717, 1.165) is 6.20 Å². The van der Waals surface area contributed by atoms with Gasteiger partial charge in [0.15, 0.2) is 5.69 Å². The maximum Gasteiger partial charge on any atom is 0.433 e. The van der Waals surface area contributed by atoms with Crippen LogP contribution in [-0.4, -0.2) is 69.2 Å². The molecule has 3 atom stereocenters.